The second-order valence-corrected chi connectivity index (χ2v) is 4.28. The van der Waals surface area contributed by atoms with Crippen LogP contribution in [0.25, 0.3) is 11.6 Å². The molecule has 1 aliphatic heterocycles. The fraction of sp³-hybridized carbons (Fsp3) is 0. The topological polar surface area (TPSA) is 59.3 Å². The van der Waals surface area contributed by atoms with Gasteiger partial charge in [-0.2, -0.15) is 0 Å². The predicted octanol–water partition coefficient (Wildman–Crippen LogP) is 2.65. The largest absolute Gasteiger partial charge is 0.465 e. The Morgan fingerprint density at radius 3 is 2.50 bits per heavy atom. The molecule has 0 radical (unpaired) electrons. The molecule has 1 N–H and O–H groups in total. The molecule has 1 aromatic carbocycles. The number of allylic oxidation sites excluding steroid dienone is 2. The molecule has 0 unspecified atom stereocenters. The summed E-state index contributed by atoms with van der Waals surface area (Å²) >= 11 is 0. The molecule has 0 saturated heterocycles. The lowest BCUT2D eigenvalue weighted by molar-refractivity contribution is -0.114. The predicted molar refractivity (Wildman–Crippen MR) is 74.6 cm³/mol. The van der Waals surface area contributed by atoms with Gasteiger partial charge >= 0.3 is 0 Å². The van der Waals surface area contributed by atoms with Gasteiger partial charge in [0.25, 0.3) is 11.8 Å². The summed E-state index contributed by atoms with van der Waals surface area (Å²) in [7, 11) is 0. The van der Waals surface area contributed by atoms with Crippen molar-refractivity contribution in [3.63, 3.8) is 0 Å². The third-order valence-corrected chi connectivity index (χ3v) is 3.00. The fourth-order valence-corrected chi connectivity index (χ4v) is 2.07. The molecular weight excluding hydrogens is 254 g/mol. The van der Waals surface area contributed by atoms with Crippen LogP contribution >= 0.6 is 0 Å². The minimum absolute atomic E-state index is 0.363. The number of hydrogen-bond donors (Lipinski definition) is 1. The van der Waals surface area contributed by atoms with E-state index in [1.54, 1.807) is 54.8 Å². The van der Waals surface area contributed by atoms with Gasteiger partial charge in [-0.1, -0.05) is 24.3 Å². The second kappa shape index (κ2) is 5.01. The number of hydrogen-bond acceptors (Lipinski definition) is 3. The highest BCUT2D eigenvalue weighted by molar-refractivity contribution is 6.31. The zero-order chi connectivity index (χ0) is 13.9. The molecule has 0 saturated carbocycles. The smallest absolute Gasteiger partial charge is 0.258 e. The molecule has 2 amide bonds. The van der Waals surface area contributed by atoms with Gasteiger partial charge in [0.05, 0.1) is 6.26 Å². The molecular formula is C16H11NO3. The van der Waals surface area contributed by atoms with E-state index in [1.807, 2.05) is 6.07 Å². The summed E-state index contributed by atoms with van der Waals surface area (Å²) in [6.07, 6.45) is 6.72. The van der Waals surface area contributed by atoms with Crippen LogP contribution in [0.4, 0.5) is 0 Å². The number of benzene rings is 1. The first kappa shape index (κ1) is 12.2. The first-order valence-electron chi connectivity index (χ1n) is 6.12. The summed E-state index contributed by atoms with van der Waals surface area (Å²) in [5, 5.41) is 2.33. The number of fused-ring (bicyclic) bond motifs is 1. The first-order chi connectivity index (χ1) is 9.75. The van der Waals surface area contributed by atoms with Gasteiger partial charge < -0.3 is 4.42 Å². The third kappa shape index (κ3) is 2.19. The maximum Gasteiger partial charge on any atom is 0.258 e. The molecule has 0 fully saturated rings. The van der Waals surface area contributed by atoms with Crippen molar-refractivity contribution in [1.82, 2.24) is 5.32 Å². The molecule has 1 aromatic heterocycles. The van der Waals surface area contributed by atoms with Gasteiger partial charge in [0, 0.05) is 11.1 Å². The third-order valence-electron chi connectivity index (χ3n) is 3.00. The van der Waals surface area contributed by atoms with Gasteiger partial charge in [0.2, 0.25) is 0 Å². The van der Waals surface area contributed by atoms with Gasteiger partial charge in [-0.05, 0) is 35.9 Å². The Hall–Kier alpha value is -2.88. The van der Waals surface area contributed by atoms with E-state index in [0.29, 0.717) is 22.5 Å². The van der Waals surface area contributed by atoms with Crippen molar-refractivity contribution in [3.8, 4) is 0 Å². The van der Waals surface area contributed by atoms with E-state index in [1.165, 1.54) is 0 Å². The lowest BCUT2D eigenvalue weighted by Crippen LogP contribution is -2.36. The van der Waals surface area contributed by atoms with Gasteiger partial charge in [-0.25, -0.2) is 0 Å². The SMILES string of the molecule is O=C1NC(=O)c2ccccc2/C1=C/C=C\c1ccco1. The number of rotatable bonds is 2. The van der Waals surface area contributed by atoms with Gasteiger partial charge in [0.1, 0.15) is 5.76 Å². The second-order valence-electron chi connectivity index (χ2n) is 4.28. The molecule has 4 heteroatoms. The summed E-state index contributed by atoms with van der Waals surface area (Å²) < 4.78 is 5.17. The van der Waals surface area contributed by atoms with Crippen molar-refractivity contribution in [3.05, 3.63) is 71.7 Å². The van der Waals surface area contributed by atoms with E-state index >= 15 is 0 Å². The van der Waals surface area contributed by atoms with Crippen LogP contribution in [-0.2, 0) is 4.79 Å². The summed E-state index contributed by atoms with van der Waals surface area (Å²) in [5.41, 5.74) is 1.61. The molecule has 3 rings (SSSR count). The quantitative estimate of drug-likeness (QED) is 0.670. The fourth-order valence-electron chi connectivity index (χ4n) is 2.07. The maximum atomic E-state index is 11.9. The van der Waals surface area contributed by atoms with E-state index < -0.39 is 5.91 Å². The summed E-state index contributed by atoms with van der Waals surface area (Å²) in [5.74, 6) is -0.0574. The monoisotopic (exact) mass is 265 g/mol. The van der Waals surface area contributed by atoms with Crippen LogP contribution in [-0.4, -0.2) is 11.8 Å². The van der Waals surface area contributed by atoms with Crippen LogP contribution in [0.15, 0.2) is 59.2 Å². The lowest BCUT2D eigenvalue weighted by atomic mass is 9.94. The number of nitrogens with one attached hydrogen (secondary N) is 1. The standard InChI is InChI=1S/C16H11NO3/c18-15-13-8-2-1-7-12(13)14(16(19)17-15)9-3-5-11-6-4-10-20-11/h1-10H,(H,17,18,19)/b5-3-,14-9-. The molecule has 2 heterocycles. The van der Waals surface area contributed by atoms with Crippen molar-refractivity contribution in [1.29, 1.82) is 0 Å². The normalized spacial score (nSPS) is 16.5. The molecule has 0 spiro atoms. The Morgan fingerprint density at radius 2 is 1.75 bits per heavy atom. The van der Waals surface area contributed by atoms with Crippen LogP contribution < -0.4 is 5.32 Å². The van der Waals surface area contributed by atoms with Crippen LogP contribution in [0.1, 0.15) is 21.7 Å². The molecule has 1 aliphatic rings. The van der Waals surface area contributed by atoms with E-state index in [9.17, 15) is 9.59 Å². The Balaban J connectivity index is 1.98. The van der Waals surface area contributed by atoms with Crippen LogP contribution in [0.5, 0.6) is 0 Å². The van der Waals surface area contributed by atoms with E-state index in [-0.39, 0.29) is 5.91 Å². The Bertz CT molecular complexity index is 724. The van der Waals surface area contributed by atoms with Crippen LogP contribution in [0.3, 0.4) is 0 Å². The molecule has 0 atom stereocenters. The summed E-state index contributed by atoms with van der Waals surface area (Å²) in [6.45, 7) is 0. The molecule has 0 bridgehead atoms. The summed E-state index contributed by atoms with van der Waals surface area (Å²) in [6, 6.07) is 10.6. The van der Waals surface area contributed by atoms with Crippen LogP contribution in [0.2, 0.25) is 0 Å². The number of furan rings is 1. The molecule has 0 aliphatic carbocycles. The number of carbonyl (C=O) groups excluding carboxylic acids is 2. The van der Waals surface area contributed by atoms with Gasteiger partial charge in [-0.3, -0.25) is 14.9 Å². The van der Waals surface area contributed by atoms with Crippen molar-refractivity contribution in [2.75, 3.05) is 0 Å². The highest BCUT2D eigenvalue weighted by atomic mass is 16.3. The molecule has 98 valence electrons. The van der Waals surface area contributed by atoms with E-state index in [4.69, 9.17) is 4.42 Å². The van der Waals surface area contributed by atoms with Gasteiger partial charge in [-0.15, -0.1) is 0 Å². The van der Waals surface area contributed by atoms with E-state index in [0.717, 1.165) is 0 Å². The van der Waals surface area contributed by atoms with Crippen molar-refractivity contribution in [2.45, 2.75) is 0 Å². The number of amides is 2. The Kier molecular flexibility index (Phi) is 3.05. The average molecular weight is 265 g/mol. The van der Waals surface area contributed by atoms with Crippen molar-refractivity contribution < 1.29 is 14.0 Å². The zero-order valence-corrected chi connectivity index (χ0v) is 10.5. The van der Waals surface area contributed by atoms with Gasteiger partial charge in [0.15, 0.2) is 0 Å². The van der Waals surface area contributed by atoms with Crippen molar-refractivity contribution in [2.24, 2.45) is 0 Å². The number of carbonyl (C=O) groups is 2. The zero-order valence-electron chi connectivity index (χ0n) is 10.5. The Labute approximate surface area is 115 Å². The highest BCUT2D eigenvalue weighted by Crippen LogP contribution is 2.23. The van der Waals surface area contributed by atoms with Crippen molar-refractivity contribution >= 4 is 23.5 Å². The maximum absolute atomic E-state index is 11.9. The van der Waals surface area contributed by atoms with Crippen LogP contribution in [0, 0.1) is 0 Å². The lowest BCUT2D eigenvalue weighted by Gasteiger charge is -2.17. The minimum atomic E-state index is -0.391. The minimum Gasteiger partial charge on any atom is -0.465 e. The molecule has 20 heavy (non-hydrogen) atoms. The number of imide groups is 1. The average Bonchev–Trinajstić information content (AvgIpc) is 2.96. The summed E-state index contributed by atoms with van der Waals surface area (Å²) in [4.78, 5) is 23.6. The first-order valence-corrected chi connectivity index (χ1v) is 6.12. The highest BCUT2D eigenvalue weighted by Gasteiger charge is 2.25. The molecule has 4 nitrogen and oxygen atoms in total. The molecule has 2 aromatic rings. The van der Waals surface area contributed by atoms with E-state index in [2.05, 4.69) is 5.32 Å². The Morgan fingerprint density at radius 1 is 0.950 bits per heavy atom.